The Morgan fingerprint density at radius 2 is 1.70 bits per heavy atom. The third-order valence-electron chi connectivity index (χ3n) is 1.36. The highest BCUT2D eigenvalue weighted by Gasteiger charge is 2.44. The highest BCUT2D eigenvalue weighted by atomic mass is 19.2. The molecule has 4 radical (unpaired) electrons. The molecule has 0 aliphatic rings. The average molecular weight is 144 g/mol. The van der Waals surface area contributed by atoms with Gasteiger partial charge in [0, 0.05) is 0 Å². The van der Waals surface area contributed by atoms with E-state index in [1.54, 1.807) is 0 Å². The summed E-state index contributed by atoms with van der Waals surface area (Å²) in [6.45, 7) is 1.80. The largest absolute Gasteiger partial charge is 0.391 e. The maximum atomic E-state index is 12.7. The van der Waals surface area contributed by atoms with Gasteiger partial charge in [0.25, 0.3) is 0 Å². The van der Waals surface area contributed by atoms with Gasteiger partial charge in [0.15, 0.2) is 0 Å². The molecule has 5 heteroatoms. The Labute approximate surface area is 61.6 Å². The SMILES string of the molecule is [B]C(C)(F)C([B])(F)C(C)O. The molecule has 0 rings (SSSR count). The van der Waals surface area contributed by atoms with Gasteiger partial charge in [0.05, 0.1) is 11.7 Å². The topological polar surface area (TPSA) is 20.2 Å². The molecule has 0 amide bonds. The van der Waals surface area contributed by atoms with Crippen LogP contribution in [0, 0.1) is 0 Å². The van der Waals surface area contributed by atoms with Crippen LogP contribution in [0.3, 0.4) is 0 Å². The van der Waals surface area contributed by atoms with Gasteiger partial charge in [0.1, 0.15) is 21.3 Å². The van der Waals surface area contributed by atoms with E-state index in [-0.39, 0.29) is 0 Å². The van der Waals surface area contributed by atoms with Crippen molar-refractivity contribution >= 4 is 15.7 Å². The zero-order chi connectivity index (χ0) is 8.58. The molecule has 0 spiro atoms. The van der Waals surface area contributed by atoms with Crippen LogP contribution in [0.25, 0.3) is 0 Å². The molecule has 1 nitrogen and oxygen atoms in total. The van der Waals surface area contributed by atoms with E-state index in [0.717, 1.165) is 13.8 Å². The van der Waals surface area contributed by atoms with Crippen LogP contribution in [-0.2, 0) is 0 Å². The predicted molar refractivity (Wildman–Crippen MR) is 36.5 cm³/mol. The van der Waals surface area contributed by atoms with E-state index in [1.165, 1.54) is 0 Å². The molecule has 0 aliphatic heterocycles. The molecule has 54 valence electrons. The van der Waals surface area contributed by atoms with E-state index in [2.05, 4.69) is 7.85 Å². The van der Waals surface area contributed by atoms with Crippen molar-refractivity contribution in [3.05, 3.63) is 0 Å². The fourth-order valence-corrected chi connectivity index (χ4v) is 0.408. The zero-order valence-electron chi connectivity index (χ0n) is 5.94. The fraction of sp³-hybridized carbons (Fsp3) is 1.00. The molecule has 3 atom stereocenters. The van der Waals surface area contributed by atoms with Crippen molar-refractivity contribution in [1.29, 1.82) is 0 Å². The van der Waals surface area contributed by atoms with E-state index in [4.69, 9.17) is 13.0 Å². The number of aliphatic hydroxyl groups excluding tert-OH is 1. The first-order chi connectivity index (χ1) is 4.19. The van der Waals surface area contributed by atoms with Gasteiger partial charge in [-0.05, 0) is 13.8 Å². The first-order valence-electron chi connectivity index (χ1n) is 2.83. The summed E-state index contributed by atoms with van der Waals surface area (Å²) in [6, 6.07) is 0. The van der Waals surface area contributed by atoms with Crippen LogP contribution < -0.4 is 0 Å². The Balaban J connectivity index is 4.40. The molecular formula is C5H8B2F2O. The summed E-state index contributed by atoms with van der Waals surface area (Å²) in [5.74, 6) is 0. The van der Waals surface area contributed by atoms with Gasteiger partial charge in [-0.2, -0.15) is 0 Å². The molecule has 10 heavy (non-hydrogen) atoms. The quantitative estimate of drug-likeness (QED) is 0.542. The summed E-state index contributed by atoms with van der Waals surface area (Å²) in [4.78, 5) is 0. The van der Waals surface area contributed by atoms with Crippen LogP contribution in [0.1, 0.15) is 13.8 Å². The third kappa shape index (κ3) is 1.72. The highest BCUT2D eigenvalue weighted by Crippen LogP contribution is 2.27. The van der Waals surface area contributed by atoms with Crippen molar-refractivity contribution in [2.45, 2.75) is 31.1 Å². The fourth-order valence-electron chi connectivity index (χ4n) is 0.408. The maximum absolute atomic E-state index is 12.7. The summed E-state index contributed by atoms with van der Waals surface area (Å²) < 4.78 is 25.3. The number of alkyl halides is 2. The van der Waals surface area contributed by atoms with Crippen molar-refractivity contribution in [2.75, 3.05) is 0 Å². The number of hydrogen-bond acceptors (Lipinski definition) is 1. The molecule has 0 aliphatic carbocycles. The van der Waals surface area contributed by atoms with Crippen molar-refractivity contribution in [3.63, 3.8) is 0 Å². The Kier molecular flexibility index (Phi) is 2.52. The maximum Gasteiger partial charge on any atom is 0.128 e. The van der Waals surface area contributed by atoms with Crippen LogP contribution in [0.15, 0.2) is 0 Å². The standard InChI is InChI=1S/C5H8B2F2O/c1-3(10)5(7,9)4(2,6)8/h3,10H,1-2H3. The zero-order valence-corrected chi connectivity index (χ0v) is 5.94. The van der Waals surface area contributed by atoms with Crippen molar-refractivity contribution in [2.24, 2.45) is 0 Å². The summed E-state index contributed by atoms with van der Waals surface area (Å²) in [5, 5.41) is 8.60. The molecule has 0 saturated carbocycles. The molecule has 3 unspecified atom stereocenters. The van der Waals surface area contributed by atoms with Gasteiger partial charge >= 0.3 is 0 Å². The van der Waals surface area contributed by atoms with Crippen molar-refractivity contribution in [1.82, 2.24) is 0 Å². The minimum Gasteiger partial charge on any atom is -0.391 e. The number of hydrogen-bond donors (Lipinski definition) is 1. The first kappa shape index (κ1) is 9.95. The molecule has 0 aromatic carbocycles. The van der Waals surface area contributed by atoms with Gasteiger partial charge in [-0.15, -0.1) is 0 Å². The van der Waals surface area contributed by atoms with Crippen molar-refractivity contribution in [3.8, 4) is 0 Å². The second kappa shape index (κ2) is 2.53. The molecule has 0 saturated heterocycles. The number of aliphatic hydroxyl groups is 1. The second-order valence-corrected chi connectivity index (χ2v) is 2.52. The minimum atomic E-state index is -2.90. The molecule has 0 aromatic heterocycles. The lowest BCUT2D eigenvalue weighted by molar-refractivity contribution is -0.00608. The smallest absolute Gasteiger partial charge is 0.128 e. The van der Waals surface area contributed by atoms with E-state index in [1.807, 2.05) is 0 Å². The molecular weight excluding hydrogens is 136 g/mol. The lowest BCUT2D eigenvalue weighted by atomic mass is 9.60. The third-order valence-corrected chi connectivity index (χ3v) is 1.36. The monoisotopic (exact) mass is 144 g/mol. The lowest BCUT2D eigenvalue weighted by Crippen LogP contribution is -2.53. The summed E-state index contributed by atoms with van der Waals surface area (Å²) in [5.41, 5.74) is -5.62. The van der Waals surface area contributed by atoms with Gasteiger partial charge in [-0.3, -0.25) is 4.39 Å². The van der Waals surface area contributed by atoms with Gasteiger partial charge in [-0.25, -0.2) is 4.39 Å². The first-order valence-corrected chi connectivity index (χ1v) is 2.83. The molecule has 0 bridgehead atoms. The summed E-state index contributed by atoms with van der Waals surface area (Å²) in [7, 11) is 9.41. The molecule has 0 fully saturated rings. The number of rotatable bonds is 2. The van der Waals surface area contributed by atoms with E-state index in [0.29, 0.717) is 0 Å². The Morgan fingerprint density at radius 1 is 1.40 bits per heavy atom. The molecule has 1 N–H and O–H groups in total. The van der Waals surface area contributed by atoms with E-state index < -0.39 is 17.2 Å². The van der Waals surface area contributed by atoms with Crippen LogP contribution >= 0.6 is 0 Å². The molecule has 0 heterocycles. The summed E-state index contributed by atoms with van der Waals surface area (Å²) >= 11 is 0. The second-order valence-electron chi connectivity index (χ2n) is 2.52. The van der Waals surface area contributed by atoms with E-state index >= 15 is 0 Å². The highest BCUT2D eigenvalue weighted by molar-refractivity contribution is 6.25. The minimum absolute atomic E-state index is 0.764. The molecule has 0 aromatic rings. The Morgan fingerprint density at radius 3 is 1.70 bits per heavy atom. The Hall–Kier alpha value is -0.0501. The van der Waals surface area contributed by atoms with Gasteiger partial charge in [-0.1, -0.05) is 0 Å². The van der Waals surface area contributed by atoms with Crippen molar-refractivity contribution < 1.29 is 13.9 Å². The normalized spacial score (nSPS) is 26.5. The van der Waals surface area contributed by atoms with Gasteiger partial charge < -0.3 is 5.11 Å². The van der Waals surface area contributed by atoms with Crippen LogP contribution in [-0.4, -0.2) is 38.0 Å². The van der Waals surface area contributed by atoms with E-state index in [9.17, 15) is 8.78 Å². The van der Waals surface area contributed by atoms with Crippen LogP contribution in [0.4, 0.5) is 8.78 Å². The lowest BCUT2D eigenvalue weighted by Gasteiger charge is -2.34. The Bertz CT molecular complexity index is 119. The van der Waals surface area contributed by atoms with Gasteiger partial charge in [0.2, 0.25) is 0 Å². The van der Waals surface area contributed by atoms with Crippen LogP contribution in [0.2, 0.25) is 0 Å². The summed E-state index contributed by atoms with van der Waals surface area (Å²) in [6.07, 6.45) is -1.63. The average Bonchev–Trinajstić information content (AvgIpc) is 1.62. The number of halogens is 2. The predicted octanol–water partition coefficient (Wildman–Crippen LogP) is 0.0557. The van der Waals surface area contributed by atoms with Crippen LogP contribution in [0.5, 0.6) is 0 Å².